The van der Waals surface area contributed by atoms with E-state index >= 15 is 0 Å². The van der Waals surface area contributed by atoms with E-state index in [9.17, 15) is 9.90 Å². The van der Waals surface area contributed by atoms with Crippen molar-refractivity contribution in [3.05, 3.63) is 58.4 Å². The molecule has 0 fully saturated rings. The topological polar surface area (TPSA) is 125 Å². The average molecular weight is 390 g/mol. The highest BCUT2D eigenvalue weighted by Crippen LogP contribution is 2.36. The van der Waals surface area contributed by atoms with Gasteiger partial charge in [-0.1, -0.05) is 6.07 Å². The van der Waals surface area contributed by atoms with Gasteiger partial charge in [-0.15, -0.1) is 5.10 Å². The highest BCUT2D eigenvalue weighted by Gasteiger charge is 2.26. The van der Waals surface area contributed by atoms with Gasteiger partial charge in [-0.2, -0.15) is 0 Å². The fraction of sp³-hybridized carbons (Fsp3) is 0.190. The summed E-state index contributed by atoms with van der Waals surface area (Å²) in [5, 5.41) is 14.9. The number of pyridine rings is 1. The van der Waals surface area contributed by atoms with Gasteiger partial charge in [0.2, 0.25) is 0 Å². The van der Waals surface area contributed by atoms with Crippen molar-refractivity contribution >= 4 is 28.6 Å². The molecule has 3 heterocycles. The zero-order valence-corrected chi connectivity index (χ0v) is 16.7. The van der Waals surface area contributed by atoms with Crippen LogP contribution in [0.25, 0.3) is 16.7 Å². The van der Waals surface area contributed by atoms with Gasteiger partial charge in [0.15, 0.2) is 0 Å². The number of hydrogen-bond donors (Lipinski definition) is 3. The number of nitrogen functional groups attached to an aromatic ring is 2. The highest BCUT2D eigenvalue weighted by atomic mass is 16.3. The van der Waals surface area contributed by atoms with Gasteiger partial charge >= 0.3 is 0 Å². The molecule has 0 unspecified atom stereocenters. The van der Waals surface area contributed by atoms with Crippen LogP contribution in [0, 0.1) is 27.7 Å². The summed E-state index contributed by atoms with van der Waals surface area (Å²) in [6.45, 7) is 7.56. The molecule has 1 aromatic carbocycles. The summed E-state index contributed by atoms with van der Waals surface area (Å²) < 4.78 is 2.90. The minimum Gasteiger partial charge on any atom is -0.508 e. The van der Waals surface area contributed by atoms with Crippen molar-refractivity contribution in [2.75, 3.05) is 11.5 Å². The van der Waals surface area contributed by atoms with Crippen molar-refractivity contribution < 1.29 is 9.90 Å². The largest absolute Gasteiger partial charge is 0.508 e. The summed E-state index contributed by atoms with van der Waals surface area (Å²) in [7, 11) is 0. The number of hydrogen-bond acceptors (Lipinski definition) is 6. The van der Waals surface area contributed by atoms with Gasteiger partial charge in [-0.3, -0.25) is 9.36 Å². The first-order valence-corrected chi connectivity index (χ1v) is 9.14. The molecule has 8 nitrogen and oxygen atoms in total. The molecule has 0 aliphatic rings. The number of aryl methyl sites for hydroxylation is 3. The Hall–Kier alpha value is -3.81. The maximum Gasteiger partial charge on any atom is 0.282 e. The zero-order chi connectivity index (χ0) is 21.0. The zero-order valence-electron chi connectivity index (χ0n) is 16.7. The summed E-state index contributed by atoms with van der Waals surface area (Å²) >= 11 is 0. The van der Waals surface area contributed by atoms with Gasteiger partial charge in [0, 0.05) is 28.9 Å². The molecule has 0 aliphatic heterocycles. The molecule has 0 radical (unpaired) electrons. The first kappa shape index (κ1) is 18.5. The van der Waals surface area contributed by atoms with Crippen LogP contribution in [0.5, 0.6) is 5.75 Å². The third-order valence-electron chi connectivity index (χ3n) is 5.28. The first-order valence-electron chi connectivity index (χ1n) is 9.14. The minimum atomic E-state index is -0.400. The lowest BCUT2D eigenvalue weighted by atomic mass is 10.1. The standard InChI is InChI=1S/C21H22N6O2/c1-10-5-6-15(28)12(3)18(10)27-19(23)17(21(29)26-8-7-16(22)25-26)14-9-11(2)13(4)24-20(14)27/h5-9,28H,23H2,1-4H3,(H2,22,25). The molecule has 0 aliphatic carbocycles. The van der Waals surface area contributed by atoms with Crippen LogP contribution in [0.4, 0.5) is 11.6 Å². The van der Waals surface area contributed by atoms with Gasteiger partial charge in [-0.25, -0.2) is 9.67 Å². The van der Waals surface area contributed by atoms with Crippen LogP contribution in [0.1, 0.15) is 32.7 Å². The molecule has 0 saturated carbocycles. The minimum absolute atomic E-state index is 0.142. The number of rotatable bonds is 2. The molecule has 5 N–H and O–H groups in total. The van der Waals surface area contributed by atoms with E-state index in [1.165, 1.54) is 10.9 Å². The number of phenolic OH excluding ortho intramolecular Hbond substituents is 1. The Balaban J connectivity index is 2.12. The van der Waals surface area contributed by atoms with E-state index in [2.05, 4.69) is 5.10 Å². The summed E-state index contributed by atoms with van der Waals surface area (Å²) in [5.41, 5.74) is 17.1. The molecular weight excluding hydrogens is 368 g/mol. The van der Waals surface area contributed by atoms with Gasteiger partial charge in [0.1, 0.15) is 23.0 Å². The molecule has 148 valence electrons. The summed E-state index contributed by atoms with van der Waals surface area (Å²) in [6.07, 6.45) is 1.50. The van der Waals surface area contributed by atoms with Crippen molar-refractivity contribution in [2.45, 2.75) is 27.7 Å². The van der Waals surface area contributed by atoms with Crippen LogP contribution in [-0.4, -0.2) is 30.3 Å². The third-order valence-corrected chi connectivity index (χ3v) is 5.28. The lowest BCUT2D eigenvalue weighted by Gasteiger charge is -2.15. The fourth-order valence-electron chi connectivity index (χ4n) is 3.60. The molecule has 4 rings (SSSR count). The van der Waals surface area contributed by atoms with Gasteiger partial charge < -0.3 is 16.6 Å². The molecule has 0 atom stereocenters. The molecular formula is C21H22N6O2. The Morgan fingerprint density at radius 3 is 2.45 bits per heavy atom. The second-order valence-electron chi connectivity index (χ2n) is 7.22. The highest BCUT2D eigenvalue weighted by molar-refractivity contribution is 6.12. The normalized spacial score (nSPS) is 11.3. The Bertz CT molecular complexity index is 1300. The Kier molecular flexibility index (Phi) is 4.07. The number of carbonyl (C=O) groups excluding carboxylic acids is 1. The van der Waals surface area contributed by atoms with Gasteiger partial charge in [-0.05, 0) is 51.0 Å². The first-order chi connectivity index (χ1) is 13.7. The quantitative estimate of drug-likeness (QED) is 0.483. The van der Waals surface area contributed by atoms with Crippen molar-refractivity contribution in [1.82, 2.24) is 19.3 Å². The van der Waals surface area contributed by atoms with Crippen LogP contribution in [0.15, 0.2) is 30.5 Å². The number of carbonyl (C=O) groups is 1. The van der Waals surface area contributed by atoms with Crippen molar-refractivity contribution in [3.8, 4) is 11.4 Å². The summed E-state index contributed by atoms with van der Waals surface area (Å²) in [5.74, 6) is 0.214. The fourth-order valence-corrected chi connectivity index (χ4v) is 3.60. The molecule has 3 aromatic heterocycles. The lowest BCUT2D eigenvalue weighted by Crippen LogP contribution is -2.15. The number of benzene rings is 1. The molecule has 0 bridgehead atoms. The number of phenols is 1. The molecule has 0 spiro atoms. The Labute approximate surface area is 167 Å². The molecule has 0 saturated heterocycles. The molecule has 29 heavy (non-hydrogen) atoms. The Morgan fingerprint density at radius 1 is 1.07 bits per heavy atom. The Morgan fingerprint density at radius 2 is 1.79 bits per heavy atom. The summed E-state index contributed by atoms with van der Waals surface area (Å²) in [4.78, 5) is 18.0. The number of aromatic hydroxyl groups is 1. The lowest BCUT2D eigenvalue weighted by molar-refractivity contribution is 0.0948. The second-order valence-corrected chi connectivity index (χ2v) is 7.22. The van der Waals surface area contributed by atoms with E-state index in [1.807, 2.05) is 26.8 Å². The van der Waals surface area contributed by atoms with Crippen molar-refractivity contribution in [1.29, 1.82) is 0 Å². The number of nitrogens with two attached hydrogens (primary N) is 2. The predicted molar refractivity (Wildman–Crippen MR) is 112 cm³/mol. The van der Waals surface area contributed by atoms with E-state index in [-0.39, 0.29) is 17.4 Å². The third kappa shape index (κ3) is 2.72. The maximum absolute atomic E-state index is 13.2. The number of anilines is 2. The summed E-state index contributed by atoms with van der Waals surface area (Å²) in [6, 6.07) is 6.89. The molecule has 8 heteroatoms. The smallest absolute Gasteiger partial charge is 0.282 e. The van der Waals surface area contributed by atoms with Crippen LogP contribution in [-0.2, 0) is 0 Å². The maximum atomic E-state index is 13.2. The van der Waals surface area contributed by atoms with Crippen LogP contribution in [0.2, 0.25) is 0 Å². The van der Waals surface area contributed by atoms with E-state index in [4.69, 9.17) is 16.5 Å². The van der Waals surface area contributed by atoms with E-state index in [1.54, 1.807) is 29.7 Å². The number of nitrogens with zero attached hydrogens (tertiary/aromatic N) is 4. The van der Waals surface area contributed by atoms with Gasteiger partial charge in [0.05, 0.1) is 11.3 Å². The van der Waals surface area contributed by atoms with Gasteiger partial charge in [0.25, 0.3) is 5.91 Å². The van der Waals surface area contributed by atoms with Crippen LogP contribution < -0.4 is 11.5 Å². The predicted octanol–water partition coefficient (Wildman–Crippen LogP) is 3.01. The monoisotopic (exact) mass is 390 g/mol. The SMILES string of the molecule is Cc1cc2c(C(=O)n3ccc(N)n3)c(N)n(-c3c(C)ccc(O)c3C)c2nc1C. The van der Waals surface area contributed by atoms with E-state index < -0.39 is 5.91 Å². The average Bonchev–Trinajstić information content (AvgIpc) is 3.21. The van der Waals surface area contributed by atoms with Crippen molar-refractivity contribution in [2.24, 2.45) is 0 Å². The van der Waals surface area contributed by atoms with Crippen molar-refractivity contribution in [3.63, 3.8) is 0 Å². The van der Waals surface area contributed by atoms with E-state index in [0.29, 0.717) is 27.8 Å². The molecule has 4 aromatic rings. The van der Waals surface area contributed by atoms with Crippen LogP contribution in [0.3, 0.4) is 0 Å². The second kappa shape index (κ2) is 6.37. The number of fused-ring (bicyclic) bond motifs is 1. The molecule has 0 amide bonds. The van der Waals surface area contributed by atoms with Crippen LogP contribution >= 0.6 is 0 Å². The van der Waals surface area contributed by atoms with E-state index in [0.717, 1.165) is 16.8 Å². The number of aromatic nitrogens is 4.